The molecule has 122 valence electrons. The third-order valence-electron chi connectivity index (χ3n) is 4.73. The molecule has 4 heteroatoms. The Morgan fingerprint density at radius 2 is 1.96 bits per heavy atom. The van der Waals surface area contributed by atoms with E-state index in [0.717, 1.165) is 23.9 Å². The van der Waals surface area contributed by atoms with E-state index in [1.54, 1.807) is 12.1 Å². The van der Waals surface area contributed by atoms with Gasteiger partial charge in [0.25, 0.3) is 5.91 Å². The Kier molecular flexibility index (Phi) is 3.81. The molecule has 24 heavy (non-hydrogen) atoms. The first-order valence-electron chi connectivity index (χ1n) is 8.37. The van der Waals surface area contributed by atoms with Crippen LogP contribution in [0.15, 0.2) is 42.5 Å². The van der Waals surface area contributed by atoms with E-state index in [2.05, 4.69) is 22.4 Å². The fraction of sp³-hybridized carbons (Fsp3) is 0.250. The van der Waals surface area contributed by atoms with E-state index in [0.29, 0.717) is 6.54 Å². The average Bonchev–Trinajstić information content (AvgIpc) is 2.98. The van der Waals surface area contributed by atoms with Gasteiger partial charge in [-0.05, 0) is 61.1 Å². The first-order valence-corrected chi connectivity index (χ1v) is 8.37. The number of nitrogens with one attached hydrogen (secondary N) is 2. The quantitative estimate of drug-likeness (QED) is 0.749. The van der Waals surface area contributed by atoms with E-state index >= 15 is 0 Å². The lowest BCUT2D eigenvalue weighted by atomic mass is 9.95. The Balaban J connectivity index is 1.55. The van der Waals surface area contributed by atoms with Crippen LogP contribution in [0.3, 0.4) is 0 Å². The van der Waals surface area contributed by atoms with Crippen LogP contribution in [0.1, 0.15) is 40.0 Å². The molecule has 2 aromatic carbocycles. The fourth-order valence-corrected chi connectivity index (χ4v) is 3.49. The van der Waals surface area contributed by atoms with E-state index in [9.17, 15) is 9.18 Å². The summed E-state index contributed by atoms with van der Waals surface area (Å²) in [4.78, 5) is 15.6. The van der Waals surface area contributed by atoms with Crippen molar-refractivity contribution >= 4 is 16.8 Å². The Morgan fingerprint density at radius 3 is 2.83 bits per heavy atom. The number of H-pyrrole nitrogens is 1. The number of fused-ring (bicyclic) bond motifs is 3. The predicted octanol–water partition coefficient (Wildman–Crippen LogP) is 4.12. The van der Waals surface area contributed by atoms with Crippen molar-refractivity contribution in [2.24, 2.45) is 0 Å². The summed E-state index contributed by atoms with van der Waals surface area (Å²) >= 11 is 0. The van der Waals surface area contributed by atoms with Gasteiger partial charge in [0.05, 0.1) is 5.56 Å². The molecule has 0 bridgehead atoms. The maximum atomic E-state index is 13.7. The third-order valence-corrected chi connectivity index (χ3v) is 4.73. The minimum absolute atomic E-state index is 0.0811. The zero-order chi connectivity index (χ0) is 16.5. The van der Waals surface area contributed by atoms with Crippen molar-refractivity contribution in [3.05, 3.63) is 70.7 Å². The number of aryl methyl sites for hydroxylation is 2. The molecule has 1 aliphatic carbocycles. The second kappa shape index (κ2) is 6.11. The van der Waals surface area contributed by atoms with Gasteiger partial charge in [-0.15, -0.1) is 0 Å². The van der Waals surface area contributed by atoms with Gasteiger partial charge in [0.15, 0.2) is 0 Å². The maximum absolute atomic E-state index is 13.7. The highest BCUT2D eigenvalue weighted by Gasteiger charge is 2.16. The van der Waals surface area contributed by atoms with Crippen LogP contribution in [0.5, 0.6) is 0 Å². The Hall–Kier alpha value is -2.62. The molecular formula is C20H19FN2O. The predicted molar refractivity (Wildman–Crippen MR) is 92.5 cm³/mol. The molecule has 0 aliphatic heterocycles. The number of amides is 1. The van der Waals surface area contributed by atoms with Crippen molar-refractivity contribution in [2.75, 3.05) is 0 Å². The van der Waals surface area contributed by atoms with E-state index in [4.69, 9.17) is 0 Å². The molecule has 1 heterocycles. The van der Waals surface area contributed by atoms with Crippen LogP contribution >= 0.6 is 0 Å². The summed E-state index contributed by atoms with van der Waals surface area (Å²) in [5.74, 6) is -0.880. The molecule has 3 aromatic rings. The molecule has 0 fully saturated rings. The highest BCUT2D eigenvalue weighted by atomic mass is 19.1. The SMILES string of the molecule is O=C(NCc1ccc2[nH]c3c(c2c1)CCCC3)c1ccccc1F. The van der Waals surface area contributed by atoms with Gasteiger partial charge >= 0.3 is 0 Å². The van der Waals surface area contributed by atoms with E-state index in [1.807, 2.05) is 6.07 Å². The van der Waals surface area contributed by atoms with Gasteiger partial charge in [0.2, 0.25) is 0 Å². The summed E-state index contributed by atoms with van der Waals surface area (Å²) in [7, 11) is 0. The second-order valence-corrected chi connectivity index (χ2v) is 6.33. The number of hydrogen-bond donors (Lipinski definition) is 2. The molecule has 3 nitrogen and oxygen atoms in total. The largest absolute Gasteiger partial charge is 0.358 e. The minimum Gasteiger partial charge on any atom is -0.358 e. The number of aromatic nitrogens is 1. The number of aromatic amines is 1. The monoisotopic (exact) mass is 322 g/mol. The van der Waals surface area contributed by atoms with Gasteiger partial charge < -0.3 is 10.3 Å². The Morgan fingerprint density at radius 1 is 1.12 bits per heavy atom. The van der Waals surface area contributed by atoms with Crippen LogP contribution < -0.4 is 5.32 Å². The Bertz CT molecular complexity index is 913. The standard InChI is InChI=1S/C20H19FN2O/c21-17-7-3-1-6-15(17)20(24)22-12-13-9-10-19-16(11-13)14-5-2-4-8-18(14)23-19/h1,3,6-7,9-11,23H,2,4-5,8,12H2,(H,22,24). The third kappa shape index (κ3) is 2.68. The minimum atomic E-state index is -0.495. The number of carbonyl (C=O) groups is 1. The number of hydrogen-bond acceptors (Lipinski definition) is 1. The molecule has 2 N–H and O–H groups in total. The van der Waals surface area contributed by atoms with Gasteiger partial charge in [-0.25, -0.2) is 4.39 Å². The molecule has 0 saturated carbocycles. The highest BCUT2D eigenvalue weighted by molar-refractivity contribution is 5.94. The molecular weight excluding hydrogens is 303 g/mol. The summed E-state index contributed by atoms with van der Waals surface area (Å²) in [5.41, 5.74) is 5.03. The molecule has 0 saturated heterocycles. The second-order valence-electron chi connectivity index (χ2n) is 6.33. The average molecular weight is 322 g/mol. The fourth-order valence-electron chi connectivity index (χ4n) is 3.49. The molecule has 1 aromatic heterocycles. The number of carbonyl (C=O) groups excluding carboxylic acids is 1. The summed E-state index contributed by atoms with van der Waals surface area (Å²) < 4.78 is 13.7. The lowest BCUT2D eigenvalue weighted by Crippen LogP contribution is -2.23. The van der Waals surface area contributed by atoms with Crippen LogP contribution in [-0.2, 0) is 19.4 Å². The van der Waals surface area contributed by atoms with E-state index in [1.165, 1.54) is 41.6 Å². The van der Waals surface area contributed by atoms with Gasteiger partial charge in [-0.3, -0.25) is 4.79 Å². The summed E-state index contributed by atoms with van der Waals surface area (Å²) in [5, 5.41) is 4.06. The van der Waals surface area contributed by atoms with Gasteiger partial charge in [0, 0.05) is 23.1 Å². The first kappa shape index (κ1) is 14.9. The van der Waals surface area contributed by atoms with Crippen molar-refractivity contribution < 1.29 is 9.18 Å². The summed E-state index contributed by atoms with van der Waals surface area (Å²) in [6.07, 6.45) is 4.70. The molecule has 0 atom stereocenters. The van der Waals surface area contributed by atoms with E-state index in [-0.39, 0.29) is 11.5 Å². The zero-order valence-electron chi connectivity index (χ0n) is 13.4. The number of halogens is 1. The number of rotatable bonds is 3. The van der Waals surface area contributed by atoms with Crippen LogP contribution in [0.4, 0.5) is 4.39 Å². The van der Waals surface area contributed by atoms with Crippen molar-refractivity contribution in [3.63, 3.8) is 0 Å². The van der Waals surface area contributed by atoms with Gasteiger partial charge in [-0.1, -0.05) is 18.2 Å². The van der Waals surface area contributed by atoms with Crippen LogP contribution in [0.25, 0.3) is 10.9 Å². The lowest BCUT2D eigenvalue weighted by molar-refractivity contribution is 0.0947. The highest BCUT2D eigenvalue weighted by Crippen LogP contribution is 2.29. The zero-order valence-corrected chi connectivity index (χ0v) is 13.4. The normalized spacial score (nSPS) is 13.7. The lowest BCUT2D eigenvalue weighted by Gasteiger charge is -2.11. The van der Waals surface area contributed by atoms with Crippen molar-refractivity contribution in [1.29, 1.82) is 0 Å². The summed E-state index contributed by atoms with van der Waals surface area (Å²) in [6.45, 7) is 0.392. The molecule has 4 rings (SSSR count). The molecule has 0 unspecified atom stereocenters. The van der Waals surface area contributed by atoms with Crippen molar-refractivity contribution in [3.8, 4) is 0 Å². The van der Waals surface area contributed by atoms with Crippen LogP contribution in [-0.4, -0.2) is 10.9 Å². The molecule has 1 aliphatic rings. The first-order chi connectivity index (χ1) is 11.7. The molecule has 0 spiro atoms. The van der Waals surface area contributed by atoms with Crippen molar-refractivity contribution in [1.82, 2.24) is 10.3 Å². The maximum Gasteiger partial charge on any atom is 0.254 e. The molecule has 1 amide bonds. The molecule has 0 radical (unpaired) electrons. The topological polar surface area (TPSA) is 44.9 Å². The smallest absolute Gasteiger partial charge is 0.254 e. The number of benzene rings is 2. The van der Waals surface area contributed by atoms with Crippen LogP contribution in [0, 0.1) is 5.82 Å². The van der Waals surface area contributed by atoms with Crippen molar-refractivity contribution in [2.45, 2.75) is 32.2 Å². The van der Waals surface area contributed by atoms with Gasteiger partial charge in [-0.2, -0.15) is 0 Å². The summed E-state index contributed by atoms with van der Waals surface area (Å²) in [6, 6.07) is 12.2. The Labute approximate surface area is 139 Å². The van der Waals surface area contributed by atoms with Crippen LogP contribution in [0.2, 0.25) is 0 Å². The van der Waals surface area contributed by atoms with E-state index < -0.39 is 5.82 Å². The van der Waals surface area contributed by atoms with Gasteiger partial charge in [0.1, 0.15) is 5.82 Å².